The van der Waals surface area contributed by atoms with Crippen molar-refractivity contribution in [3.05, 3.63) is 101 Å². The molecular formula is C25H24Cl2N6O5. The first-order chi connectivity index (χ1) is 18.2. The summed E-state index contributed by atoms with van der Waals surface area (Å²) in [7, 11) is 1.51. The summed E-state index contributed by atoms with van der Waals surface area (Å²) < 4.78 is 13.3. The summed E-state index contributed by atoms with van der Waals surface area (Å²) in [5.41, 5.74) is -0.186. The van der Waals surface area contributed by atoms with Gasteiger partial charge in [-0.15, -0.1) is 10.2 Å². The van der Waals surface area contributed by atoms with Crippen LogP contribution in [0.25, 0.3) is 5.69 Å². The number of hydrogen-bond acceptors (Lipinski definition) is 8. The maximum absolute atomic E-state index is 13.2. The molecule has 4 rings (SSSR count). The van der Waals surface area contributed by atoms with E-state index < -0.39 is 11.2 Å². The Hall–Kier alpha value is -3.93. The Kier molecular flexibility index (Phi) is 8.30. The zero-order valence-corrected chi connectivity index (χ0v) is 22.2. The van der Waals surface area contributed by atoms with E-state index in [4.69, 9.17) is 32.7 Å². The van der Waals surface area contributed by atoms with Crippen LogP contribution in [0, 0.1) is 0 Å². The number of H-pyrrole nitrogens is 1. The lowest BCUT2D eigenvalue weighted by molar-refractivity contribution is 0.0580. The van der Waals surface area contributed by atoms with Crippen molar-refractivity contribution in [2.75, 3.05) is 12.4 Å². The molecule has 0 atom stereocenters. The molecule has 2 N–H and O–H groups in total. The maximum Gasteiger partial charge on any atom is 0.354 e. The average molecular weight is 559 g/mol. The number of hydrogen-bond donors (Lipinski definition) is 2. The number of nitrogens with one attached hydrogen (secondary N) is 2. The smallest absolute Gasteiger partial charge is 0.354 e. The molecule has 2 heterocycles. The van der Waals surface area contributed by atoms with E-state index in [9.17, 15) is 14.4 Å². The fraction of sp³-hybridized carbons (Fsp3) is 0.240. The number of nitrogens with zero attached hydrogens (tertiary/aromatic N) is 4. The van der Waals surface area contributed by atoms with E-state index in [1.54, 1.807) is 0 Å². The Bertz CT molecular complexity index is 1610. The van der Waals surface area contributed by atoms with Crippen LogP contribution in [0.2, 0.25) is 10.0 Å². The monoisotopic (exact) mass is 558 g/mol. The van der Waals surface area contributed by atoms with Crippen molar-refractivity contribution in [1.29, 1.82) is 0 Å². The van der Waals surface area contributed by atoms with Crippen molar-refractivity contribution in [2.45, 2.75) is 33.1 Å². The van der Waals surface area contributed by atoms with Crippen LogP contribution in [0.5, 0.6) is 11.6 Å². The molecule has 0 amide bonds. The van der Waals surface area contributed by atoms with Gasteiger partial charge in [-0.05, 0) is 23.6 Å². The fourth-order valence-electron chi connectivity index (χ4n) is 3.54. The number of ether oxygens (including phenoxy) is 2. The van der Waals surface area contributed by atoms with Crippen LogP contribution in [0.15, 0.2) is 62.9 Å². The molecule has 0 saturated carbocycles. The number of benzene rings is 2. The molecule has 198 valence electrons. The summed E-state index contributed by atoms with van der Waals surface area (Å²) in [6.45, 7) is 3.62. The molecule has 0 bridgehead atoms. The van der Waals surface area contributed by atoms with Crippen LogP contribution in [-0.4, -0.2) is 31.6 Å². The van der Waals surface area contributed by atoms with E-state index in [-0.39, 0.29) is 58.0 Å². The number of rotatable bonds is 9. The second-order valence-electron chi connectivity index (χ2n) is 8.48. The average Bonchev–Trinajstić information content (AvgIpc) is 2.89. The van der Waals surface area contributed by atoms with E-state index in [0.717, 1.165) is 14.8 Å². The third-order valence-electron chi connectivity index (χ3n) is 5.49. The van der Waals surface area contributed by atoms with Crippen LogP contribution in [-0.2, 0) is 18.1 Å². The topological polar surface area (TPSA) is 133 Å². The standard InChI is InChI=1S/C25H24Cl2N6O5/c1-14(2)17-11-20(29-30-23(17)34)38-21-18(26)9-16(10-19(21)27)33-25(36)32(24(35)22(28-3)31-33)13-37-12-15-7-5-4-6-8-15/h4-11,14H,12-13H2,1-3H3,(H,28,31)(H,30,34). The Morgan fingerprint density at radius 1 is 1.05 bits per heavy atom. The molecule has 2 aromatic carbocycles. The Labute approximate surface area is 226 Å². The van der Waals surface area contributed by atoms with E-state index in [1.807, 2.05) is 44.2 Å². The lowest BCUT2D eigenvalue weighted by Crippen LogP contribution is -2.42. The van der Waals surface area contributed by atoms with Crippen LogP contribution in [0.1, 0.15) is 30.9 Å². The minimum Gasteiger partial charge on any atom is -0.434 e. The van der Waals surface area contributed by atoms with Gasteiger partial charge in [0.2, 0.25) is 11.7 Å². The van der Waals surface area contributed by atoms with Gasteiger partial charge in [-0.2, -0.15) is 4.68 Å². The van der Waals surface area contributed by atoms with Crippen molar-refractivity contribution in [2.24, 2.45) is 0 Å². The van der Waals surface area contributed by atoms with Gasteiger partial charge in [-0.25, -0.2) is 14.5 Å². The van der Waals surface area contributed by atoms with Gasteiger partial charge in [0.15, 0.2) is 5.75 Å². The number of anilines is 1. The molecule has 2 aromatic heterocycles. The first kappa shape index (κ1) is 27.1. The van der Waals surface area contributed by atoms with Crippen LogP contribution in [0.3, 0.4) is 0 Å². The van der Waals surface area contributed by atoms with E-state index >= 15 is 0 Å². The predicted molar refractivity (Wildman–Crippen MR) is 144 cm³/mol. The van der Waals surface area contributed by atoms with E-state index in [1.165, 1.54) is 25.2 Å². The predicted octanol–water partition coefficient (Wildman–Crippen LogP) is 3.92. The van der Waals surface area contributed by atoms with Gasteiger partial charge in [0.05, 0.1) is 22.3 Å². The summed E-state index contributed by atoms with van der Waals surface area (Å²) >= 11 is 12.9. The molecule has 0 saturated heterocycles. The van der Waals surface area contributed by atoms with Crippen LogP contribution < -0.4 is 26.9 Å². The summed E-state index contributed by atoms with van der Waals surface area (Å²) in [5.74, 6) is -0.00213. The quantitative estimate of drug-likeness (QED) is 0.315. The molecule has 0 aliphatic rings. The number of aromatic nitrogens is 5. The number of halogens is 2. The van der Waals surface area contributed by atoms with Gasteiger partial charge in [-0.1, -0.05) is 67.4 Å². The van der Waals surface area contributed by atoms with E-state index in [0.29, 0.717) is 5.56 Å². The summed E-state index contributed by atoms with van der Waals surface area (Å²) in [6.07, 6.45) is 0. The van der Waals surface area contributed by atoms with Crippen molar-refractivity contribution < 1.29 is 9.47 Å². The third-order valence-corrected chi connectivity index (χ3v) is 6.06. The minimum absolute atomic E-state index is 0.0457. The van der Waals surface area contributed by atoms with Gasteiger partial charge < -0.3 is 14.8 Å². The second-order valence-corrected chi connectivity index (χ2v) is 9.29. The molecule has 0 unspecified atom stereocenters. The zero-order chi connectivity index (χ0) is 27.4. The van der Waals surface area contributed by atoms with Crippen molar-refractivity contribution in [3.63, 3.8) is 0 Å². The Morgan fingerprint density at radius 2 is 1.74 bits per heavy atom. The highest BCUT2D eigenvalue weighted by molar-refractivity contribution is 6.37. The first-order valence-electron chi connectivity index (χ1n) is 11.5. The Morgan fingerprint density at radius 3 is 2.37 bits per heavy atom. The third kappa shape index (κ3) is 5.80. The van der Waals surface area contributed by atoms with Crippen molar-refractivity contribution in [1.82, 2.24) is 24.5 Å². The molecule has 0 aliphatic heterocycles. The minimum atomic E-state index is -0.758. The molecule has 4 aromatic rings. The van der Waals surface area contributed by atoms with E-state index in [2.05, 4.69) is 20.6 Å². The number of aromatic amines is 1. The lowest BCUT2D eigenvalue weighted by Gasteiger charge is -2.14. The Balaban J connectivity index is 1.67. The normalized spacial score (nSPS) is 11.1. The molecular weight excluding hydrogens is 535 g/mol. The van der Waals surface area contributed by atoms with Gasteiger partial charge in [-0.3, -0.25) is 9.59 Å². The zero-order valence-electron chi connectivity index (χ0n) is 20.7. The molecule has 0 fully saturated rings. The van der Waals surface area contributed by atoms with Crippen LogP contribution in [0.4, 0.5) is 5.82 Å². The van der Waals surface area contributed by atoms with Gasteiger partial charge in [0.1, 0.15) is 6.73 Å². The SMILES string of the molecule is CNc1nn(-c2cc(Cl)c(Oc3cc(C(C)C)c(=O)[nH]n3)c(Cl)c2)c(=O)n(COCc2ccccc2)c1=O. The molecule has 11 nitrogen and oxygen atoms in total. The van der Waals surface area contributed by atoms with Crippen molar-refractivity contribution in [3.8, 4) is 17.3 Å². The lowest BCUT2D eigenvalue weighted by atomic mass is 10.1. The largest absolute Gasteiger partial charge is 0.434 e. The highest BCUT2D eigenvalue weighted by atomic mass is 35.5. The first-order valence-corrected chi connectivity index (χ1v) is 12.3. The molecule has 0 radical (unpaired) electrons. The van der Waals surface area contributed by atoms with Crippen molar-refractivity contribution >= 4 is 29.0 Å². The summed E-state index contributed by atoms with van der Waals surface area (Å²) in [5, 5.41) is 13.2. The highest BCUT2D eigenvalue weighted by Gasteiger charge is 2.18. The molecule has 0 aliphatic carbocycles. The molecule has 13 heteroatoms. The van der Waals surface area contributed by atoms with Gasteiger partial charge >= 0.3 is 11.2 Å². The second kappa shape index (κ2) is 11.6. The van der Waals surface area contributed by atoms with Gasteiger partial charge in [0.25, 0.3) is 5.56 Å². The van der Waals surface area contributed by atoms with Crippen LogP contribution >= 0.6 is 23.2 Å². The molecule has 38 heavy (non-hydrogen) atoms. The van der Waals surface area contributed by atoms with Gasteiger partial charge in [0, 0.05) is 18.7 Å². The summed E-state index contributed by atoms with van der Waals surface area (Å²) in [4.78, 5) is 38.0. The fourth-order valence-corrected chi connectivity index (χ4v) is 4.09. The highest BCUT2D eigenvalue weighted by Crippen LogP contribution is 2.37. The summed E-state index contributed by atoms with van der Waals surface area (Å²) in [6, 6.07) is 13.7. The molecule has 0 spiro atoms. The maximum atomic E-state index is 13.2.